The molecule has 1 aliphatic heterocycles. The predicted octanol–water partition coefficient (Wildman–Crippen LogP) is 3.83. The third-order valence-electron chi connectivity index (χ3n) is 6.45. The summed E-state index contributed by atoms with van der Waals surface area (Å²) in [5.74, 6) is 1.16. The second kappa shape index (κ2) is 11.4. The first kappa shape index (κ1) is 26.1. The molecule has 3 aromatic rings. The van der Waals surface area contributed by atoms with E-state index in [2.05, 4.69) is 44.8 Å². The SMILES string of the molecule is CCCc1ccc(S(=O)(=O)N[C@H](C)c2nnc(Oc3cccc(N4CCN(C)CC4)c3)n2CC)cc1. The number of aromatic nitrogens is 3. The molecule has 36 heavy (non-hydrogen) atoms. The number of rotatable bonds is 10. The van der Waals surface area contributed by atoms with E-state index >= 15 is 0 Å². The van der Waals surface area contributed by atoms with Crippen molar-refractivity contribution in [3.8, 4) is 11.8 Å². The van der Waals surface area contributed by atoms with Gasteiger partial charge in [-0.2, -0.15) is 0 Å². The third kappa shape index (κ3) is 6.05. The molecule has 194 valence electrons. The van der Waals surface area contributed by atoms with Gasteiger partial charge in [-0.25, -0.2) is 13.1 Å². The molecule has 10 heteroatoms. The van der Waals surface area contributed by atoms with Gasteiger partial charge in [-0.3, -0.25) is 4.57 Å². The summed E-state index contributed by atoms with van der Waals surface area (Å²) in [6.07, 6.45) is 1.93. The number of sulfonamides is 1. The quantitative estimate of drug-likeness (QED) is 0.441. The summed E-state index contributed by atoms with van der Waals surface area (Å²) in [7, 11) is -1.58. The highest BCUT2D eigenvalue weighted by Crippen LogP contribution is 2.27. The number of hydrogen-bond donors (Lipinski definition) is 1. The molecule has 0 aliphatic carbocycles. The van der Waals surface area contributed by atoms with Gasteiger partial charge in [-0.05, 0) is 57.1 Å². The Kier molecular flexibility index (Phi) is 8.28. The van der Waals surface area contributed by atoms with Crippen LogP contribution >= 0.6 is 0 Å². The molecule has 1 aromatic heterocycles. The van der Waals surface area contributed by atoms with Crippen LogP contribution < -0.4 is 14.4 Å². The number of anilines is 1. The number of nitrogens with one attached hydrogen (secondary N) is 1. The van der Waals surface area contributed by atoms with E-state index in [0.29, 0.717) is 24.1 Å². The smallest absolute Gasteiger partial charge is 0.322 e. The number of piperazine rings is 1. The molecule has 1 aliphatic rings. The molecule has 0 saturated carbocycles. The molecule has 1 fully saturated rings. The van der Waals surface area contributed by atoms with E-state index in [0.717, 1.165) is 50.3 Å². The summed E-state index contributed by atoms with van der Waals surface area (Å²) in [6, 6.07) is 14.7. The van der Waals surface area contributed by atoms with Crippen LogP contribution in [0.15, 0.2) is 53.4 Å². The molecule has 9 nitrogen and oxygen atoms in total. The molecule has 0 radical (unpaired) electrons. The number of likely N-dealkylation sites (N-methyl/N-ethyl adjacent to an activating group) is 1. The Bertz CT molecular complexity index is 1250. The maximum absolute atomic E-state index is 13.0. The van der Waals surface area contributed by atoms with Crippen LogP contribution in [0.3, 0.4) is 0 Å². The minimum atomic E-state index is -3.72. The van der Waals surface area contributed by atoms with Crippen LogP contribution in [-0.2, 0) is 23.0 Å². The van der Waals surface area contributed by atoms with Crippen molar-refractivity contribution in [1.82, 2.24) is 24.4 Å². The lowest BCUT2D eigenvalue weighted by atomic mass is 10.1. The number of ether oxygens (including phenoxy) is 1. The number of nitrogens with zero attached hydrogens (tertiary/aromatic N) is 5. The van der Waals surface area contributed by atoms with Crippen molar-refractivity contribution >= 4 is 15.7 Å². The monoisotopic (exact) mass is 512 g/mol. The normalized spacial score (nSPS) is 15.7. The van der Waals surface area contributed by atoms with Crippen molar-refractivity contribution in [2.75, 3.05) is 38.1 Å². The minimum Gasteiger partial charge on any atom is -0.424 e. The molecule has 1 saturated heterocycles. The van der Waals surface area contributed by atoms with Crippen molar-refractivity contribution in [2.45, 2.75) is 51.1 Å². The van der Waals surface area contributed by atoms with Gasteiger partial charge < -0.3 is 14.5 Å². The van der Waals surface area contributed by atoms with Crippen molar-refractivity contribution in [3.63, 3.8) is 0 Å². The van der Waals surface area contributed by atoms with Crippen molar-refractivity contribution in [3.05, 3.63) is 59.9 Å². The van der Waals surface area contributed by atoms with Crippen LogP contribution in [0.25, 0.3) is 0 Å². The van der Waals surface area contributed by atoms with E-state index in [4.69, 9.17) is 4.74 Å². The Morgan fingerprint density at radius 2 is 1.75 bits per heavy atom. The highest BCUT2D eigenvalue weighted by atomic mass is 32.2. The lowest BCUT2D eigenvalue weighted by Crippen LogP contribution is -2.44. The van der Waals surface area contributed by atoms with Crippen LogP contribution in [0.5, 0.6) is 11.8 Å². The molecule has 0 spiro atoms. The molecule has 2 heterocycles. The molecule has 0 bridgehead atoms. The van der Waals surface area contributed by atoms with E-state index in [1.165, 1.54) is 0 Å². The first-order valence-corrected chi connectivity index (χ1v) is 14.0. The Hall–Kier alpha value is -2.95. The highest BCUT2D eigenvalue weighted by molar-refractivity contribution is 7.89. The second-order valence-corrected chi connectivity index (χ2v) is 10.9. The molecular weight excluding hydrogens is 476 g/mol. The lowest BCUT2D eigenvalue weighted by Gasteiger charge is -2.34. The van der Waals surface area contributed by atoms with E-state index < -0.39 is 16.1 Å². The minimum absolute atomic E-state index is 0.231. The lowest BCUT2D eigenvalue weighted by molar-refractivity contribution is 0.312. The van der Waals surface area contributed by atoms with Crippen LogP contribution in [0.4, 0.5) is 5.69 Å². The topological polar surface area (TPSA) is 92.6 Å². The van der Waals surface area contributed by atoms with Gasteiger partial charge in [0, 0.05) is 44.5 Å². The fourth-order valence-corrected chi connectivity index (χ4v) is 5.59. The maximum Gasteiger partial charge on any atom is 0.322 e. The number of hydrogen-bond acceptors (Lipinski definition) is 7. The van der Waals surface area contributed by atoms with E-state index in [9.17, 15) is 8.42 Å². The molecular formula is C26H36N6O3S. The number of aryl methyl sites for hydroxylation is 1. The molecule has 1 atom stereocenters. The standard InChI is InChI=1S/C26H36N6O3S/c1-5-8-21-11-13-24(14-12-21)36(33,34)29-20(3)25-27-28-26(32(25)6-2)35-23-10-7-9-22(19-23)31-17-15-30(4)16-18-31/h7,9-14,19-20,29H,5-6,8,15-18H2,1-4H3/t20-/m1/s1. The van der Waals surface area contributed by atoms with Gasteiger partial charge in [0.1, 0.15) is 5.75 Å². The predicted molar refractivity (Wildman–Crippen MR) is 141 cm³/mol. The Morgan fingerprint density at radius 3 is 2.42 bits per heavy atom. The average molecular weight is 513 g/mol. The van der Waals surface area contributed by atoms with E-state index in [-0.39, 0.29) is 4.90 Å². The number of benzene rings is 2. The molecule has 0 unspecified atom stereocenters. The fourth-order valence-electron chi connectivity index (χ4n) is 4.38. The summed E-state index contributed by atoms with van der Waals surface area (Å²) >= 11 is 0. The summed E-state index contributed by atoms with van der Waals surface area (Å²) in [6.45, 7) is 10.3. The maximum atomic E-state index is 13.0. The van der Waals surface area contributed by atoms with Gasteiger partial charge in [-0.1, -0.05) is 36.6 Å². The van der Waals surface area contributed by atoms with E-state index in [1.54, 1.807) is 23.6 Å². The molecule has 4 rings (SSSR count). The van der Waals surface area contributed by atoms with Gasteiger partial charge in [0.15, 0.2) is 5.82 Å². The summed E-state index contributed by atoms with van der Waals surface area (Å²) in [5.41, 5.74) is 2.23. The second-order valence-electron chi connectivity index (χ2n) is 9.21. The largest absolute Gasteiger partial charge is 0.424 e. The first-order chi connectivity index (χ1) is 17.3. The summed E-state index contributed by atoms with van der Waals surface area (Å²) in [5, 5.41) is 8.49. The summed E-state index contributed by atoms with van der Waals surface area (Å²) < 4.78 is 36.6. The van der Waals surface area contributed by atoms with Gasteiger partial charge in [0.25, 0.3) is 0 Å². The van der Waals surface area contributed by atoms with Crippen LogP contribution in [0, 0.1) is 0 Å². The molecule has 1 N–H and O–H groups in total. The highest BCUT2D eigenvalue weighted by Gasteiger charge is 2.24. The van der Waals surface area contributed by atoms with Crippen LogP contribution in [0.1, 0.15) is 44.6 Å². The average Bonchev–Trinajstić information content (AvgIpc) is 3.27. The summed E-state index contributed by atoms with van der Waals surface area (Å²) in [4.78, 5) is 4.89. The van der Waals surface area contributed by atoms with Crippen LogP contribution in [0.2, 0.25) is 0 Å². The molecule has 2 aromatic carbocycles. The van der Waals surface area contributed by atoms with Crippen LogP contribution in [-0.4, -0.2) is 61.3 Å². The third-order valence-corrected chi connectivity index (χ3v) is 8.01. The fraction of sp³-hybridized carbons (Fsp3) is 0.462. The van der Waals surface area contributed by atoms with Gasteiger partial charge >= 0.3 is 6.01 Å². The Balaban J connectivity index is 1.48. The zero-order valence-electron chi connectivity index (χ0n) is 21.5. The first-order valence-electron chi connectivity index (χ1n) is 12.6. The van der Waals surface area contributed by atoms with Gasteiger partial charge in [0.05, 0.1) is 10.9 Å². The zero-order chi connectivity index (χ0) is 25.7. The molecule has 0 amide bonds. The van der Waals surface area contributed by atoms with Gasteiger partial charge in [-0.15, -0.1) is 5.10 Å². The Morgan fingerprint density at radius 1 is 1.03 bits per heavy atom. The van der Waals surface area contributed by atoms with Crippen molar-refractivity contribution < 1.29 is 13.2 Å². The van der Waals surface area contributed by atoms with E-state index in [1.807, 2.05) is 37.3 Å². The Labute approximate surface area is 214 Å². The van der Waals surface area contributed by atoms with Crippen molar-refractivity contribution in [2.24, 2.45) is 0 Å². The zero-order valence-corrected chi connectivity index (χ0v) is 22.3. The van der Waals surface area contributed by atoms with Crippen molar-refractivity contribution in [1.29, 1.82) is 0 Å². The van der Waals surface area contributed by atoms with Gasteiger partial charge in [0.2, 0.25) is 10.0 Å².